The predicted molar refractivity (Wildman–Crippen MR) is 108 cm³/mol. The molecule has 3 aromatic heterocycles. The lowest BCUT2D eigenvalue weighted by molar-refractivity contribution is -0.116. The Balaban J connectivity index is 1.65. The third-order valence-corrected chi connectivity index (χ3v) is 5.71. The van der Waals surface area contributed by atoms with Gasteiger partial charge in [-0.15, -0.1) is 15.3 Å². The van der Waals surface area contributed by atoms with Gasteiger partial charge in [0.1, 0.15) is 5.01 Å². The molecule has 1 amide bonds. The van der Waals surface area contributed by atoms with Gasteiger partial charge in [-0.3, -0.25) is 4.79 Å². The number of anilines is 1. The zero-order valence-electron chi connectivity index (χ0n) is 15.9. The van der Waals surface area contributed by atoms with Gasteiger partial charge in [0.15, 0.2) is 0 Å². The van der Waals surface area contributed by atoms with Gasteiger partial charge in [-0.25, -0.2) is 9.50 Å². The molecule has 8 nitrogen and oxygen atoms in total. The van der Waals surface area contributed by atoms with Crippen LogP contribution >= 0.6 is 23.1 Å². The number of unbranched alkanes of at least 4 members (excludes halogenated alkanes) is 1. The summed E-state index contributed by atoms with van der Waals surface area (Å²) in [4.78, 5) is 21.2. The van der Waals surface area contributed by atoms with E-state index in [1.165, 1.54) is 23.1 Å². The Labute approximate surface area is 166 Å². The third-order valence-electron chi connectivity index (χ3n) is 4.27. The van der Waals surface area contributed by atoms with Crippen LogP contribution in [0.1, 0.15) is 48.1 Å². The second-order valence-corrected chi connectivity index (χ2v) is 8.06. The highest BCUT2D eigenvalue weighted by atomic mass is 32.2. The van der Waals surface area contributed by atoms with E-state index in [2.05, 4.69) is 37.5 Å². The fourth-order valence-electron chi connectivity index (χ4n) is 2.79. The molecule has 0 bridgehead atoms. The average Bonchev–Trinajstić information content (AvgIpc) is 3.26. The van der Waals surface area contributed by atoms with E-state index in [1.807, 2.05) is 20.1 Å². The van der Waals surface area contributed by atoms with E-state index in [0.29, 0.717) is 28.9 Å². The number of nitrogens with one attached hydrogen (secondary N) is 1. The molecule has 0 aliphatic heterocycles. The number of fused-ring (bicyclic) bond motifs is 1. The molecule has 0 fully saturated rings. The predicted octanol–water partition coefficient (Wildman–Crippen LogP) is 3.23. The van der Waals surface area contributed by atoms with Crippen LogP contribution in [0.5, 0.6) is 0 Å². The van der Waals surface area contributed by atoms with Gasteiger partial charge in [0.05, 0.1) is 0 Å². The molecular weight excluding hydrogens is 382 g/mol. The van der Waals surface area contributed by atoms with Crippen molar-refractivity contribution in [3.8, 4) is 0 Å². The second-order valence-electron chi connectivity index (χ2n) is 6.22. The molecule has 0 spiro atoms. The molecule has 1 N–H and O–H groups in total. The van der Waals surface area contributed by atoms with Gasteiger partial charge in [-0.1, -0.05) is 36.4 Å². The summed E-state index contributed by atoms with van der Waals surface area (Å²) in [7, 11) is 0. The second kappa shape index (κ2) is 8.75. The van der Waals surface area contributed by atoms with E-state index in [-0.39, 0.29) is 5.91 Å². The summed E-state index contributed by atoms with van der Waals surface area (Å²) in [5.74, 6) is 0.520. The quantitative estimate of drug-likeness (QED) is 0.575. The Hall–Kier alpha value is -2.07. The Morgan fingerprint density at radius 1 is 1.22 bits per heavy atom. The number of hydrogen-bond acceptors (Lipinski definition) is 8. The largest absolute Gasteiger partial charge is 0.301 e. The molecule has 3 rings (SSSR count). The minimum absolute atomic E-state index is 0.0736. The van der Waals surface area contributed by atoms with Crippen LogP contribution in [0.15, 0.2) is 5.16 Å². The van der Waals surface area contributed by atoms with E-state index in [0.717, 1.165) is 41.2 Å². The van der Waals surface area contributed by atoms with Crippen LogP contribution in [0.2, 0.25) is 0 Å². The Kier molecular flexibility index (Phi) is 6.38. The van der Waals surface area contributed by atoms with Gasteiger partial charge in [-0.05, 0) is 38.5 Å². The minimum atomic E-state index is -0.0736. The van der Waals surface area contributed by atoms with Crippen molar-refractivity contribution in [2.24, 2.45) is 0 Å². The Morgan fingerprint density at radius 3 is 2.78 bits per heavy atom. The molecule has 0 saturated heterocycles. The molecule has 10 heteroatoms. The van der Waals surface area contributed by atoms with Crippen molar-refractivity contribution in [1.29, 1.82) is 0 Å². The maximum atomic E-state index is 12.3. The van der Waals surface area contributed by atoms with Crippen LogP contribution in [0.25, 0.3) is 5.78 Å². The molecule has 27 heavy (non-hydrogen) atoms. The topological polar surface area (TPSA) is 98.0 Å². The SMILES string of the molecule is CCCCc1nnc(NC(=O)CCc2c(C)nc3nc(SC)nn3c2C)s1. The van der Waals surface area contributed by atoms with E-state index in [1.54, 1.807) is 4.52 Å². The van der Waals surface area contributed by atoms with Crippen molar-refractivity contribution in [1.82, 2.24) is 29.8 Å². The van der Waals surface area contributed by atoms with Crippen molar-refractivity contribution in [2.45, 2.75) is 58.0 Å². The third kappa shape index (κ3) is 4.62. The normalized spacial score (nSPS) is 11.3. The minimum Gasteiger partial charge on any atom is -0.301 e. The number of aryl methyl sites for hydroxylation is 3. The van der Waals surface area contributed by atoms with Gasteiger partial charge >= 0.3 is 0 Å². The Morgan fingerprint density at radius 2 is 2.04 bits per heavy atom. The molecule has 0 atom stereocenters. The lowest BCUT2D eigenvalue weighted by Crippen LogP contribution is -2.14. The maximum absolute atomic E-state index is 12.3. The average molecular weight is 406 g/mol. The summed E-state index contributed by atoms with van der Waals surface area (Å²) >= 11 is 2.93. The molecule has 3 heterocycles. The maximum Gasteiger partial charge on any atom is 0.253 e. The molecule has 0 aromatic carbocycles. The van der Waals surface area contributed by atoms with Gasteiger partial charge in [0, 0.05) is 24.2 Å². The van der Waals surface area contributed by atoms with Crippen molar-refractivity contribution in [3.63, 3.8) is 0 Å². The lowest BCUT2D eigenvalue weighted by Gasteiger charge is -2.09. The summed E-state index contributed by atoms with van der Waals surface area (Å²) in [6.07, 6.45) is 5.97. The van der Waals surface area contributed by atoms with Gasteiger partial charge in [-0.2, -0.15) is 4.98 Å². The lowest BCUT2D eigenvalue weighted by atomic mass is 10.1. The zero-order valence-corrected chi connectivity index (χ0v) is 17.6. The summed E-state index contributed by atoms with van der Waals surface area (Å²) in [5, 5.41) is 17.7. The first-order valence-corrected chi connectivity index (χ1v) is 10.9. The van der Waals surface area contributed by atoms with Gasteiger partial charge < -0.3 is 5.32 Å². The zero-order chi connectivity index (χ0) is 19.4. The number of amides is 1. The van der Waals surface area contributed by atoms with E-state index in [9.17, 15) is 4.79 Å². The van der Waals surface area contributed by atoms with Crippen LogP contribution in [0.4, 0.5) is 5.13 Å². The van der Waals surface area contributed by atoms with Gasteiger partial charge in [0.25, 0.3) is 5.78 Å². The number of aromatic nitrogens is 6. The first-order chi connectivity index (χ1) is 13.0. The van der Waals surface area contributed by atoms with Crippen LogP contribution in [0.3, 0.4) is 0 Å². The van der Waals surface area contributed by atoms with Crippen LogP contribution in [-0.2, 0) is 17.6 Å². The smallest absolute Gasteiger partial charge is 0.253 e. The fraction of sp³-hybridized carbons (Fsp3) is 0.529. The molecule has 0 radical (unpaired) electrons. The van der Waals surface area contributed by atoms with Crippen LogP contribution in [-0.4, -0.2) is 41.9 Å². The highest BCUT2D eigenvalue weighted by Crippen LogP contribution is 2.20. The van der Waals surface area contributed by atoms with Gasteiger partial charge in [0.2, 0.25) is 16.2 Å². The molecule has 0 unspecified atom stereocenters. The number of thioether (sulfide) groups is 1. The molecule has 0 aliphatic carbocycles. The van der Waals surface area contributed by atoms with E-state index in [4.69, 9.17) is 0 Å². The summed E-state index contributed by atoms with van der Waals surface area (Å²) < 4.78 is 1.75. The number of hydrogen-bond donors (Lipinski definition) is 1. The number of nitrogens with zero attached hydrogens (tertiary/aromatic N) is 6. The number of rotatable bonds is 8. The standard InChI is InChI=1S/C17H23N7OS2/c1-5-6-7-14-21-22-16(27-14)19-13(25)9-8-12-10(2)18-15-20-17(26-4)23-24(15)11(12)3/h5-9H2,1-4H3,(H,19,22,25). The summed E-state index contributed by atoms with van der Waals surface area (Å²) in [6.45, 7) is 6.07. The van der Waals surface area contributed by atoms with Crippen LogP contribution < -0.4 is 5.32 Å². The molecule has 3 aromatic rings. The monoisotopic (exact) mass is 405 g/mol. The van der Waals surface area contributed by atoms with Crippen molar-refractivity contribution >= 4 is 39.9 Å². The van der Waals surface area contributed by atoms with Crippen molar-refractivity contribution in [3.05, 3.63) is 22.0 Å². The number of carbonyl (C=O) groups is 1. The summed E-state index contributed by atoms with van der Waals surface area (Å²) in [6, 6.07) is 0. The number of carbonyl (C=O) groups excluding carboxylic acids is 1. The molecule has 0 saturated carbocycles. The molecule has 0 aliphatic rings. The highest BCUT2D eigenvalue weighted by molar-refractivity contribution is 7.98. The van der Waals surface area contributed by atoms with Crippen molar-refractivity contribution < 1.29 is 4.79 Å². The first kappa shape index (κ1) is 19.7. The van der Waals surface area contributed by atoms with Crippen LogP contribution in [0, 0.1) is 13.8 Å². The fourth-order valence-corrected chi connectivity index (χ4v) is 3.93. The first-order valence-electron chi connectivity index (χ1n) is 8.90. The summed E-state index contributed by atoms with van der Waals surface area (Å²) in [5.41, 5.74) is 2.87. The van der Waals surface area contributed by atoms with E-state index < -0.39 is 0 Å². The Bertz CT molecular complexity index is 950. The molecular formula is C17H23N7OS2. The highest BCUT2D eigenvalue weighted by Gasteiger charge is 2.15. The van der Waals surface area contributed by atoms with E-state index >= 15 is 0 Å². The van der Waals surface area contributed by atoms with Crippen molar-refractivity contribution in [2.75, 3.05) is 11.6 Å². The molecule has 144 valence electrons.